The average molecular weight is 318 g/mol. The van der Waals surface area contributed by atoms with Crippen LogP contribution in [0.3, 0.4) is 0 Å². The first-order valence-electron chi connectivity index (χ1n) is 7.77. The van der Waals surface area contributed by atoms with Crippen molar-refractivity contribution < 1.29 is 9.31 Å². The van der Waals surface area contributed by atoms with Crippen molar-refractivity contribution in [3.8, 4) is 0 Å². The lowest BCUT2D eigenvalue weighted by atomic mass is 10.1. The number of nitro benzene ring substituents is 1. The predicted molar refractivity (Wildman–Crippen MR) is 87.6 cm³/mol. The second-order valence-corrected chi connectivity index (χ2v) is 5.69. The lowest BCUT2D eigenvalue weighted by Crippen LogP contribution is -2.51. The lowest BCUT2D eigenvalue weighted by Gasteiger charge is -2.37. The van der Waals surface area contributed by atoms with Crippen LogP contribution in [0.15, 0.2) is 30.3 Å². The number of nitrogens with one attached hydrogen (secondary N) is 1. The van der Waals surface area contributed by atoms with Crippen LogP contribution in [-0.2, 0) is 0 Å². The van der Waals surface area contributed by atoms with Crippen molar-refractivity contribution in [1.29, 1.82) is 0 Å². The van der Waals surface area contributed by atoms with E-state index in [0.29, 0.717) is 6.42 Å². The summed E-state index contributed by atoms with van der Waals surface area (Å²) >= 11 is 0. The Labute approximate surface area is 133 Å². The number of anilines is 1. The van der Waals surface area contributed by atoms with Gasteiger partial charge in [-0.3, -0.25) is 14.5 Å². The number of alkyl halides is 1. The molecule has 1 N–H and O–H groups in total. The van der Waals surface area contributed by atoms with E-state index in [1.165, 1.54) is 12.1 Å². The number of fused-ring (bicyclic) bond motifs is 1. The Balaban J connectivity index is 1.89. The summed E-state index contributed by atoms with van der Waals surface area (Å²) in [6.07, 6.45) is 1.33. The molecule has 0 aliphatic carbocycles. The highest BCUT2D eigenvalue weighted by Gasteiger charge is 2.23. The summed E-state index contributed by atoms with van der Waals surface area (Å²) < 4.78 is 12.5. The van der Waals surface area contributed by atoms with Crippen LogP contribution in [-0.4, -0.2) is 42.3 Å². The average Bonchev–Trinajstić information content (AvgIpc) is 2.59. The highest BCUT2D eigenvalue weighted by Crippen LogP contribution is 2.25. The maximum atomic E-state index is 12.5. The normalized spacial score (nSPS) is 18.3. The molecule has 1 fully saturated rings. The van der Waals surface area contributed by atoms with Crippen molar-refractivity contribution in [2.24, 2.45) is 0 Å². The molecule has 3 rings (SSSR count). The van der Waals surface area contributed by atoms with Crippen molar-refractivity contribution in [1.82, 2.24) is 10.3 Å². The Morgan fingerprint density at radius 2 is 2.26 bits per heavy atom. The molecular formula is C16H19FN4O2. The van der Waals surface area contributed by atoms with Crippen molar-refractivity contribution in [3.63, 3.8) is 0 Å². The summed E-state index contributed by atoms with van der Waals surface area (Å²) in [5.74, 6) is 0.844. The number of aromatic nitrogens is 1. The summed E-state index contributed by atoms with van der Waals surface area (Å²) in [5, 5.41) is 14.9. The zero-order valence-corrected chi connectivity index (χ0v) is 12.7. The summed E-state index contributed by atoms with van der Waals surface area (Å²) in [7, 11) is 0. The van der Waals surface area contributed by atoms with E-state index in [2.05, 4.69) is 15.2 Å². The Morgan fingerprint density at radius 3 is 3.04 bits per heavy atom. The van der Waals surface area contributed by atoms with Crippen molar-refractivity contribution in [2.45, 2.75) is 18.9 Å². The number of pyridine rings is 1. The number of non-ortho nitro benzene ring substituents is 1. The summed E-state index contributed by atoms with van der Waals surface area (Å²) in [5.41, 5.74) is 0.797. The standard InChI is InChI=1S/C16H19FN4O2/c17-7-1-2-14-11-18-8-9-20(14)16-6-3-12-10-13(21(22)23)4-5-15(12)19-16/h3-6,10,14,18H,1-2,7-9,11H2. The summed E-state index contributed by atoms with van der Waals surface area (Å²) in [6, 6.07) is 8.65. The van der Waals surface area contributed by atoms with Crippen LogP contribution < -0.4 is 10.2 Å². The van der Waals surface area contributed by atoms with Crippen LogP contribution in [0.1, 0.15) is 12.8 Å². The number of hydrogen-bond acceptors (Lipinski definition) is 5. The zero-order chi connectivity index (χ0) is 16.2. The fraction of sp³-hybridized carbons (Fsp3) is 0.438. The maximum absolute atomic E-state index is 12.5. The molecular weight excluding hydrogens is 299 g/mol. The molecule has 1 atom stereocenters. The van der Waals surface area contributed by atoms with E-state index in [-0.39, 0.29) is 18.4 Å². The van der Waals surface area contributed by atoms with Crippen LogP contribution in [0.2, 0.25) is 0 Å². The molecule has 122 valence electrons. The molecule has 1 aliphatic rings. The highest BCUT2D eigenvalue weighted by atomic mass is 19.1. The van der Waals surface area contributed by atoms with Crippen LogP contribution in [0.4, 0.5) is 15.9 Å². The van der Waals surface area contributed by atoms with Crippen molar-refractivity contribution in [2.75, 3.05) is 31.2 Å². The molecule has 23 heavy (non-hydrogen) atoms. The lowest BCUT2D eigenvalue weighted by molar-refractivity contribution is -0.384. The Kier molecular flexibility index (Phi) is 4.66. The molecule has 0 spiro atoms. The minimum absolute atomic E-state index is 0.0649. The number of benzene rings is 1. The van der Waals surface area contributed by atoms with E-state index in [0.717, 1.165) is 42.8 Å². The molecule has 0 saturated carbocycles. The van der Waals surface area contributed by atoms with Gasteiger partial charge in [-0.25, -0.2) is 4.98 Å². The third-order valence-corrected chi connectivity index (χ3v) is 4.18. The predicted octanol–water partition coefficient (Wildman–Crippen LogP) is 2.67. The maximum Gasteiger partial charge on any atom is 0.270 e. The third-order valence-electron chi connectivity index (χ3n) is 4.18. The molecule has 6 nitrogen and oxygen atoms in total. The minimum Gasteiger partial charge on any atom is -0.351 e. The van der Waals surface area contributed by atoms with Crippen LogP contribution >= 0.6 is 0 Å². The van der Waals surface area contributed by atoms with Crippen LogP contribution in [0.5, 0.6) is 0 Å². The summed E-state index contributed by atoms with van der Waals surface area (Å²) in [4.78, 5) is 17.3. The van der Waals surface area contributed by atoms with Gasteiger partial charge in [0.05, 0.1) is 17.1 Å². The van der Waals surface area contributed by atoms with E-state index >= 15 is 0 Å². The summed E-state index contributed by atoms with van der Waals surface area (Å²) in [6.45, 7) is 2.20. The topological polar surface area (TPSA) is 71.3 Å². The Hall–Kier alpha value is -2.28. The molecule has 0 amide bonds. The van der Waals surface area contributed by atoms with Gasteiger partial charge in [0.25, 0.3) is 5.69 Å². The molecule has 1 aliphatic heterocycles. The van der Waals surface area contributed by atoms with Gasteiger partial charge in [-0.15, -0.1) is 0 Å². The number of piperazine rings is 1. The molecule has 0 bridgehead atoms. The smallest absolute Gasteiger partial charge is 0.270 e. The molecule has 7 heteroatoms. The monoisotopic (exact) mass is 318 g/mol. The van der Waals surface area contributed by atoms with Gasteiger partial charge in [0.2, 0.25) is 0 Å². The molecule has 1 saturated heterocycles. The number of nitrogens with zero attached hydrogens (tertiary/aromatic N) is 3. The van der Waals surface area contributed by atoms with E-state index < -0.39 is 4.92 Å². The highest BCUT2D eigenvalue weighted by molar-refractivity contribution is 5.82. The molecule has 1 aromatic carbocycles. The Bertz CT molecular complexity index is 710. The zero-order valence-electron chi connectivity index (χ0n) is 12.7. The molecule has 1 unspecified atom stereocenters. The van der Waals surface area contributed by atoms with Gasteiger partial charge in [0.1, 0.15) is 5.82 Å². The second kappa shape index (κ2) is 6.87. The number of rotatable bonds is 5. The van der Waals surface area contributed by atoms with Crippen LogP contribution in [0, 0.1) is 10.1 Å². The second-order valence-electron chi connectivity index (χ2n) is 5.69. The number of halogens is 1. The largest absolute Gasteiger partial charge is 0.351 e. The van der Waals surface area contributed by atoms with E-state index in [4.69, 9.17) is 0 Å². The van der Waals surface area contributed by atoms with E-state index in [1.54, 1.807) is 6.07 Å². The van der Waals surface area contributed by atoms with Crippen molar-refractivity contribution in [3.05, 3.63) is 40.4 Å². The SMILES string of the molecule is O=[N+]([O-])c1ccc2nc(N3CCNCC3CCCF)ccc2c1. The molecule has 2 aromatic rings. The first kappa shape index (κ1) is 15.6. The third kappa shape index (κ3) is 3.39. The van der Waals surface area contributed by atoms with Gasteiger partial charge < -0.3 is 10.2 Å². The fourth-order valence-corrected chi connectivity index (χ4v) is 3.01. The van der Waals surface area contributed by atoms with Gasteiger partial charge in [-0.2, -0.15) is 0 Å². The van der Waals surface area contributed by atoms with Gasteiger partial charge in [0, 0.05) is 43.2 Å². The molecule has 1 aromatic heterocycles. The van der Waals surface area contributed by atoms with Gasteiger partial charge in [-0.1, -0.05) is 0 Å². The Morgan fingerprint density at radius 1 is 1.39 bits per heavy atom. The first-order chi connectivity index (χ1) is 11.2. The van der Waals surface area contributed by atoms with Gasteiger partial charge in [-0.05, 0) is 31.0 Å². The molecule has 0 radical (unpaired) electrons. The number of hydrogen-bond donors (Lipinski definition) is 1. The first-order valence-corrected chi connectivity index (χ1v) is 7.77. The van der Waals surface area contributed by atoms with Gasteiger partial charge in [0.15, 0.2) is 0 Å². The van der Waals surface area contributed by atoms with Crippen LogP contribution in [0.25, 0.3) is 10.9 Å². The number of nitro groups is 1. The van der Waals surface area contributed by atoms with Gasteiger partial charge >= 0.3 is 0 Å². The quantitative estimate of drug-likeness (QED) is 0.678. The van der Waals surface area contributed by atoms with E-state index in [1.807, 2.05) is 12.1 Å². The fourth-order valence-electron chi connectivity index (χ4n) is 3.01. The van der Waals surface area contributed by atoms with E-state index in [9.17, 15) is 14.5 Å². The van der Waals surface area contributed by atoms with Crippen molar-refractivity contribution >= 4 is 22.4 Å². The molecule has 2 heterocycles. The minimum atomic E-state index is -0.406.